The van der Waals surface area contributed by atoms with Crippen molar-refractivity contribution in [2.75, 3.05) is 9.80 Å². The predicted octanol–water partition coefficient (Wildman–Crippen LogP) is 6.18. The molecular weight excluding hydrogens is 560 g/mol. The van der Waals surface area contributed by atoms with E-state index in [0.717, 1.165) is 11.1 Å². The van der Waals surface area contributed by atoms with Crippen LogP contribution in [0.1, 0.15) is 57.6 Å². The maximum atomic E-state index is 14.9. The third-order valence-electron chi connectivity index (χ3n) is 7.65. The van der Waals surface area contributed by atoms with Crippen LogP contribution in [0, 0.1) is 6.92 Å². The van der Waals surface area contributed by atoms with Crippen molar-refractivity contribution in [1.82, 2.24) is 10.2 Å². The standard InChI is InChI=1S/C31H23ClN4O4S/c1-16(2)27-33-34-30(41-27)36-28(38)26-24(25(37)20-14-17(3)8-13-23(20)40-26)31(36)21-6-4-5-7-22(21)35(29(31)39)15-18-9-11-19(32)12-10-18/h4-14,16H,15H2,1-3H3. The van der Waals surface area contributed by atoms with Gasteiger partial charge in [-0.25, -0.2) is 0 Å². The number of hydrogen-bond donors (Lipinski definition) is 0. The minimum Gasteiger partial charge on any atom is -0.450 e. The van der Waals surface area contributed by atoms with Crippen molar-refractivity contribution in [2.45, 2.75) is 38.8 Å². The summed E-state index contributed by atoms with van der Waals surface area (Å²) < 4.78 is 6.15. The van der Waals surface area contributed by atoms with Crippen molar-refractivity contribution < 1.29 is 14.0 Å². The van der Waals surface area contributed by atoms with Gasteiger partial charge in [-0.3, -0.25) is 19.3 Å². The van der Waals surface area contributed by atoms with E-state index in [1.807, 2.05) is 51.1 Å². The van der Waals surface area contributed by atoms with Gasteiger partial charge in [-0.15, -0.1) is 10.2 Å². The number of amides is 2. The number of hydrogen-bond acceptors (Lipinski definition) is 7. The molecule has 1 spiro atoms. The van der Waals surface area contributed by atoms with Crippen molar-refractivity contribution in [3.8, 4) is 0 Å². The lowest BCUT2D eigenvalue weighted by Gasteiger charge is -2.32. The summed E-state index contributed by atoms with van der Waals surface area (Å²) in [5.41, 5.74) is 0.826. The van der Waals surface area contributed by atoms with Crippen LogP contribution in [-0.4, -0.2) is 22.0 Å². The molecule has 0 bridgehead atoms. The lowest BCUT2D eigenvalue weighted by molar-refractivity contribution is -0.121. The third-order valence-corrected chi connectivity index (χ3v) is 9.11. The maximum Gasteiger partial charge on any atom is 0.297 e. The number of carbonyl (C=O) groups excluding carboxylic acids is 2. The van der Waals surface area contributed by atoms with E-state index in [-0.39, 0.29) is 34.5 Å². The monoisotopic (exact) mass is 582 g/mol. The van der Waals surface area contributed by atoms with Crippen LogP contribution in [0.25, 0.3) is 11.0 Å². The summed E-state index contributed by atoms with van der Waals surface area (Å²) in [4.78, 5) is 46.5. The zero-order valence-corrected chi connectivity index (χ0v) is 23.9. The number of anilines is 2. The average Bonchev–Trinajstić information content (AvgIpc) is 3.61. The van der Waals surface area contributed by atoms with E-state index in [0.29, 0.717) is 26.7 Å². The zero-order chi connectivity index (χ0) is 28.6. The second-order valence-electron chi connectivity index (χ2n) is 10.6. The molecular formula is C31H23ClN4O4S. The summed E-state index contributed by atoms with van der Waals surface area (Å²) in [7, 11) is 0. The number of aryl methyl sites for hydroxylation is 1. The van der Waals surface area contributed by atoms with Gasteiger partial charge in [0.15, 0.2) is 11.0 Å². The molecule has 4 heterocycles. The van der Waals surface area contributed by atoms with Crippen LogP contribution in [0.5, 0.6) is 0 Å². The highest BCUT2D eigenvalue weighted by Crippen LogP contribution is 2.54. The van der Waals surface area contributed by atoms with Gasteiger partial charge in [0.05, 0.1) is 23.2 Å². The van der Waals surface area contributed by atoms with E-state index in [2.05, 4.69) is 10.2 Å². The van der Waals surface area contributed by atoms with E-state index in [4.69, 9.17) is 16.0 Å². The fourth-order valence-corrected chi connectivity index (χ4v) is 6.78. The van der Waals surface area contributed by atoms with Gasteiger partial charge in [-0.05, 0) is 42.8 Å². The van der Waals surface area contributed by atoms with Crippen LogP contribution in [0.3, 0.4) is 0 Å². The summed E-state index contributed by atoms with van der Waals surface area (Å²) >= 11 is 7.34. The Morgan fingerprint density at radius 2 is 1.76 bits per heavy atom. The Bertz CT molecular complexity index is 1970. The van der Waals surface area contributed by atoms with Crippen LogP contribution in [0.15, 0.2) is 75.9 Å². The van der Waals surface area contributed by atoms with Crippen LogP contribution in [-0.2, 0) is 16.9 Å². The van der Waals surface area contributed by atoms with Gasteiger partial charge < -0.3 is 9.32 Å². The molecule has 0 radical (unpaired) electrons. The third kappa shape index (κ3) is 3.55. The van der Waals surface area contributed by atoms with Crippen molar-refractivity contribution in [2.24, 2.45) is 0 Å². The largest absolute Gasteiger partial charge is 0.450 e. The average molecular weight is 583 g/mol. The number of aromatic nitrogens is 2. The molecule has 1 atom stereocenters. The molecule has 7 rings (SSSR count). The Kier molecular flexibility index (Phi) is 5.68. The molecule has 0 saturated heterocycles. The lowest BCUT2D eigenvalue weighted by atomic mass is 9.84. The van der Waals surface area contributed by atoms with E-state index in [9.17, 15) is 14.4 Å². The van der Waals surface area contributed by atoms with Crippen LogP contribution >= 0.6 is 22.9 Å². The van der Waals surface area contributed by atoms with E-state index in [1.165, 1.54) is 16.2 Å². The summed E-state index contributed by atoms with van der Waals surface area (Å²) in [6.07, 6.45) is 0. The molecule has 2 aliphatic rings. The molecule has 1 unspecified atom stereocenters. The Balaban J connectivity index is 1.54. The highest BCUT2D eigenvalue weighted by atomic mass is 35.5. The molecule has 41 heavy (non-hydrogen) atoms. The molecule has 0 saturated carbocycles. The number of halogens is 1. The van der Waals surface area contributed by atoms with Gasteiger partial charge >= 0.3 is 0 Å². The first-order valence-electron chi connectivity index (χ1n) is 13.1. The number of fused-ring (bicyclic) bond motifs is 5. The van der Waals surface area contributed by atoms with Crippen LogP contribution < -0.4 is 15.2 Å². The Labute approximate surface area is 243 Å². The Morgan fingerprint density at radius 1 is 1.00 bits per heavy atom. The fraction of sp³-hybridized carbons (Fsp3) is 0.194. The highest BCUT2D eigenvalue weighted by molar-refractivity contribution is 7.15. The highest BCUT2D eigenvalue weighted by Gasteiger charge is 2.66. The molecule has 8 nitrogen and oxygen atoms in total. The SMILES string of the molecule is Cc1ccc2oc3c(c(=O)c2c1)C1(C(=O)N(Cc2ccc(Cl)cc2)c2ccccc21)N(c1nnc(C(C)C)s1)C3=O. The lowest BCUT2D eigenvalue weighted by Crippen LogP contribution is -2.53. The van der Waals surface area contributed by atoms with E-state index >= 15 is 0 Å². The molecule has 0 fully saturated rings. The van der Waals surface area contributed by atoms with Crippen LogP contribution in [0.2, 0.25) is 5.02 Å². The molecule has 10 heteroatoms. The van der Waals surface area contributed by atoms with Gasteiger partial charge in [-0.1, -0.05) is 78.7 Å². The van der Waals surface area contributed by atoms with Crippen molar-refractivity contribution in [3.05, 3.63) is 115 Å². The molecule has 204 valence electrons. The van der Waals surface area contributed by atoms with Crippen molar-refractivity contribution in [3.63, 3.8) is 0 Å². The minimum absolute atomic E-state index is 0.00190. The second kappa shape index (κ2) is 9.09. The van der Waals surface area contributed by atoms with Gasteiger partial charge in [0, 0.05) is 16.5 Å². The fourth-order valence-electron chi connectivity index (χ4n) is 5.76. The summed E-state index contributed by atoms with van der Waals surface area (Å²) in [5.74, 6) is -1.16. The summed E-state index contributed by atoms with van der Waals surface area (Å²) in [6.45, 7) is 6.03. The molecule has 0 aliphatic carbocycles. The topological polar surface area (TPSA) is 96.6 Å². The number of benzene rings is 3. The number of nitrogens with zero attached hydrogens (tertiary/aromatic N) is 4. The van der Waals surface area contributed by atoms with Gasteiger partial charge in [0.2, 0.25) is 10.9 Å². The van der Waals surface area contributed by atoms with Gasteiger partial charge in [-0.2, -0.15) is 0 Å². The van der Waals surface area contributed by atoms with Gasteiger partial charge in [0.25, 0.3) is 11.8 Å². The second-order valence-corrected chi connectivity index (χ2v) is 12.0. The number of rotatable bonds is 4. The number of carbonyl (C=O) groups is 2. The molecule has 0 N–H and O–H groups in total. The Hall–Kier alpha value is -4.34. The first kappa shape index (κ1) is 25.6. The predicted molar refractivity (Wildman–Crippen MR) is 158 cm³/mol. The Morgan fingerprint density at radius 3 is 2.49 bits per heavy atom. The molecule has 2 aliphatic heterocycles. The molecule has 2 aromatic heterocycles. The van der Waals surface area contributed by atoms with Crippen LogP contribution in [0.4, 0.5) is 10.8 Å². The van der Waals surface area contributed by atoms with E-state index in [1.54, 1.807) is 41.3 Å². The van der Waals surface area contributed by atoms with Crippen molar-refractivity contribution in [1.29, 1.82) is 0 Å². The smallest absolute Gasteiger partial charge is 0.297 e. The quantitative estimate of drug-likeness (QED) is 0.251. The maximum absolute atomic E-state index is 14.9. The summed E-state index contributed by atoms with van der Waals surface area (Å²) in [6, 6.07) is 19.7. The number of para-hydroxylation sites is 1. The molecule has 3 aromatic carbocycles. The zero-order valence-electron chi connectivity index (χ0n) is 22.3. The molecule has 2 amide bonds. The normalized spacial score (nSPS) is 17.8. The molecule has 5 aromatic rings. The van der Waals surface area contributed by atoms with E-state index < -0.39 is 22.8 Å². The van der Waals surface area contributed by atoms with Crippen molar-refractivity contribution >= 4 is 56.5 Å². The minimum atomic E-state index is -1.82. The first-order chi connectivity index (χ1) is 19.7. The summed E-state index contributed by atoms with van der Waals surface area (Å²) in [5, 5.41) is 10.5. The van der Waals surface area contributed by atoms with Gasteiger partial charge in [0.1, 0.15) is 10.6 Å². The first-order valence-corrected chi connectivity index (χ1v) is 14.3.